The highest BCUT2D eigenvalue weighted by Crippen LogP contribution is 2.32. The average molecular weight is 466 g/mol. The van der Waals surface area contributed by atoms with E-state index in [1.54, 1.807) is 10.9 Å². The Morgan fingerprint density at radius 3 is 2.65 bits per heavy atom. The van der Waals surface area contributed by atoms with Crippen LogP contribution >= 0.6 is 24.8 Å². The summed E-state index contributed by atoms with van der Waals surface area (Å²) in [5, 5.41) is 7.50. The Labute approximate surface area is 194 Å². The molecule has 8 nitrogen and oxygen atoms in total. The molecule has 168 valence electrons. The van der Waals surface area contributed by atoms with E-state index in [1.165, 1.54) is 12.8 Å². The number of rotatable bonds is 9. The molecule has 4 rings (SSSR count). The molecule has 0 spiro atoms. The van der Waals surface area contributed by atoms with Gasteiger partial charge in [-0.3, -0.25) is 4.79 Å². The zero-order valence-corrected chi connectivity index (χ0v) is 19.1. The van der Waals surface area contributed by atoms with Crippen LogP contribution in [-0.4, -0.2) is 30.2 Å². The Morgan fingerprint density at radius 2 is 2.00 bits per heavy atom. The largest absolute Gasteiger partial charge is 0.347 e. The van der Waals surface area contributed by atoms with E-state index in [1.807, 2.05) is 48.1 Å². The van der Waals surface area contributed by atoms with Crippen molar-refractivity contribution in [3.05, 3.63) is 65.8 Å². The summed E-state index contributed by atoms with van der Waals surface area (Å²) >= 11 is 0. The summed E-state index contributed by atoms with van der Waals surface area (Å²) in [6.45, 7) is 0.470. The molecule has 0 aliphatic heterocycles. The van der Waals surface area contributed by atoms with Crippen LogP contribution in [0.1, 0.15) is 41.9 Å². The minimum Gasteiger partial charge on any atom is -0.347 e. The van der Waals surface area contributed by atoms with Crippen molar-refractivity contribution in [2.75, 3.05) is 0 Å². The number of nitrogens with one attached hydrogen (secondary N) is 1. The Kier molecular flexibility index (Phi) is 9.03. The van der Waals surface area contributed by atoms with E-state index in [2.05, 4.69) is 15.4 Å². The fourth-order valence-corrected chi connectivity index (χ4v) is 3.36. The van der Waals surface area contributed by atoms with Gasteiger partial charge in [0.1, 0.15) is 18.2 Å². The predicted octanol–water partition coefficient (Wildman–Crippen LogP) is 2.37. The fraction of sp³-hybridized carbons (Fsp3) is 0.429. The number of nitrogens with zero attached hydrogens (tertiary/aromatic N) is 5. The molecule has 0 radical (unpaired) electrons. The molecule has 0 saturated heterocycles. The monoisotopic (exact) mass is 465 g/mol. The minimum atomic E-state index is -0.319. The quantitative estimate of drug-likeness (QED) is 0.504. The van der Waals surface area contributed by atoms with Gasteiger partial charge in [0.25, 0.3) is 0 Å². The number of halogens is 2. The number of carbonyl (C=O) groups excluding carboxylic acids is 1. The maximum absolute atomic E-state index is 12.5. The van der Waals surface area contributed by atoms with E-state index >= 15 is 0 Å². The molecule has 31 heavy (non-hydrogen) atoms. The number of aryl methyl sites for hydroxylation is 1. The van der Waals surface area contributed by atoms with Crippen molar-refractivity contribution in [3.63, 3.8) is 0 Å². The van der Waals surface area contributed by atoms with Crippen molar-refractivity contribution in [2.45, 2.75) is 44.8 Å². The number of amides is 1. The molecule has 3 aromatic rings. The van der Waals surface area contributed by atoms with Crippen LogP contribution in [-0.2, 0) is 37.8 Å². The second kappa shape index (κ2) is 11.3. The summed E-state index contributed by atoms with van der Waals surface area (Å²) in [5.41, 5.74) is 7.60. The van der Waals surface area contributed by atoms with E-state index < -0.39 is 0 Å². The van der Waals surface area contributed by atoms with Gasteiger partial charge in [-0.15, -0.1) is 24.8 Å². The van der Waals surface area contributed by atoms with Gasteiger partial charge in [0, 0.05) is 25.9 Å². The van der Waals surface area contributed by atoms with Gasteiger partial charge < -0.3 is 15.6 Å². The lowest BCUT2D eigenvalue weighted by molar-refractivity contribution is -0.122. The SMILES string of the molecule is Cl.Cl.Cn1ccnc1CNC(=O)Cn1nc(CC2CC2)nc1[C@H](N)Cc1ccccc1. The summed E-state index contributed by atoms with van der Waals surface area (Å²) in [6.07, 6.45) is 7.52. The second-order valence-electron chi connectivity index (χ2n) is 7.72. The molecule has 1 saturated carbocycles. The van der Waals surface area contributed by atoms with Gasteiger partial charge in [-0.25, -0.2) is 14.6 Å². The molecule has 1 aromatic carbocycles. The van der Waals surface area contributed by atoms with E-state index in [-0.39, 0.29) is 43.3 Å². The summed E-state index contributed by atoms with van der Waals surface area (Å²) < 4.78 is 3.55. The topological polar surface area (TPSA) is 104 Å². The van der Waals surface area contributed by atoms with Crippen molar-refractivity contribution >= 4 is 30.7 Å². The van der Waals surface area contributed by atoms with E-state index in [4.69, 9.17) is 10.7 Å². The molecule has 3 N–H and O–H groups in total. The highest BCUT2D eigenvalue weighted by molar-refractivity contribution is 5.85. The molecule has 2 heterocycles. The predicted molar refractivity (Wildman–Crippen MR) is 123 cm³/mol. The zero-order valence-electron chi connectivity index (χ0n) is 17.5. The minimum absolute atomic E-state index is 0. The van der Waals surface area contributed by atoms with Crippen molar-refractivity contribution in [1.82, 2.24) is 29.6 Å². The molecule has 1 aliphatic rings. The highest BCUT2D eigenvalue weighted by Gasteiger charge is 2.26. The third-order valence-electron chi connectivity index (χ3n) is 5.20. The van der Waals surface area contributed by atoms with E-state index in [9.17, 15) is 4.79 Å². The van der Waals surface area contributed by atoms with Crippen molar-refractivity contribution in [2.24, 2.45) is 18.7 Å². The summed E-state index contributed by atoms with van der Waals surface area (Å²) in [4.78, 5) is 21.4. The second-order valence-corrected chi connectivity index (χ2v) is 7.72. The number of aromatic nitrogens is 5. The Morgan fingerprint density at radius 1 is 1.26 bits per heavy atom. The molecule has 2 aromatic heterocycles. The van der Waals surface area contributed by atoms with Crippen LogP contribution in [0.5, 0.6) is 0 Å². The van der Waals surface area contributed by atoms with Gasteiger partial charge in [-0.2, -0.15) is 5.10 Å². The molecule has 1 fully saturated rings. The first kappa shape index (κ1) is 24.8. The maximum Gasteiger partial charge on any atom is 0.242 e. The molecule has 1 atom stereocenters. The van der Waals surface area contributed by atoms with Gasteiger partial charge in [0.2, 0.25) is 5.91 Å². The number of carbonyl (C=O) groups is 1. The first-order valence-corrected chi connectivity index (χ1v) is 10.0. The van der Waals surface area contributed by atoms with Crippen LogP contribution in [0, 0.1) is 5.92 Å². The van der Waals surface area contributed by atoms with Crippen LogP contribution in [0.4, 0.5) is 0 Å². The molecular weight excluding hydrogens is 437 g/mol. The van der Waals surface area contributed by atoms with Gasteiger partial charge >= 0.3 is 0 Å². The summed E-state index contributed by atoms with van der Waals surface area (Å²) in [6, 6.07) is 9.75. The van der Waals surface area contributed by atoms with Crippen LogP contribution < -0.4 is 11.1 Å². The zero-order chi connectivity index (χ0) is 20.2. The van der Waals surface area contributed by atoms with Crippen molar-refractivity contribution in [3.8, 4) is 0 Å². The highest BCUT2D eigenvalue weighted by atomic mass is 35.5. The number of nitrogens with two attached hydrogens (primary N) is 1. The maximum atomic E-state index is 12.5. The van der Waals surface area contributed by atoms with Crippen molar-refractivity contribution < 1.29 is 4.79 Å². The number of hydrogen-bond donors (Lipinski definition) is 2. The van der Waals surface area contributed by atoms with E-state index in [0.717, 1.165) is 23.6 Å². The molecule has 1 amide bonds. The van der Waals surface area contributed by atoms with Crippen LogP contribution in [0.15, 0.2) is 42.7 Å². The van der Waals surface area contributed by atoms with Gasteiger partial charge in [-0.1, -0.05) is 30.3 Å². The van der Waals surface area contributed by atoms with E-state index in [0.29, 0.717) is 24.7 Å². The van der Waals surface area contributed by atoms with Gasteiger partial charge in [0.05, 0.1) is 12.6 Å². The molecule has 0 bridgehead atoms. The van der Waals surface area contributed by atoms with Crippen LogP contribution in [0.3, 0.4) is 0 Å². The Balaban J connectivity index is 0.00000171. The fourth-order valence-electron chi connectivity index (χ4n) is 3.36. The number of benzene rings is 1. The van der Waals surface area contributed by atoms with Gasteiger partial charge in [0.15, 0.2) is 5.82 Å². The molecule has 0 unspecified atom stereocenters. The Bertz CT molecular complexity index is 969. The first-order valence-electron chi connectivity index (χ1n) is 10.0. The summed E-state index contributed by atoms with van der Waals surface area (Å²) in [5.74, 6) is 2.78. The van der Waals surface area contributed by atoms with Crippen LogP contribution in [0.25, 0.3) is 0 Å². The third-order valence-corrected chi connectivity index (χ3v) is 5.20. The standard InChI is InChI=1S/C21H27N7O.2ClH/c1-27-10-9-23-19(27)13-24-20(29)14-28-21(25-18(26-28)12-16-7-8-16)17(22)11-15-5-3-2-4-6-15;;/h2-6,9-10,16-17H,7-8,11-14,22H2,1H3,(H,24,29);2*1H/t17-;;/m1../s1. The lowest BCUT2D eigenvalue weighted by Gasteiger charge is -2.13. The Hall–Kier alpha value is -2.42. The number of imidazole rings is 1. The van der Waals surface area contributed by atoms with Crippen LogP contribution in [0.2, 0.25) is 0 Å². The first-order chi connectivity index (χ1) is 14.1. The number of hydrogen-bond acceptors (Lipinski definition) is 5. The van der Waals surface area contributed by atoms with Gasteiger partial charge in [-0.05, 0) is 30.7 Å². The molecule has 10 heteroatoms. The normalized spacial score (nSPS) is 13.7. The lowest BCUT2D eigenvalue weighted by Crippen LogP contribution is -2.30. The average Bonchev–Trinajstić information content (AvgIpc) is 3.29. The third kappa shape index (κ3) is 6.78. The van der Waals surface area contributed by atoms with Crippen molar-refractivity contribution in [1.29, 1.82) is 0 Å². The lowest BCUT2D eigenvalue weighted by atomic mass is 10.1. The molecule has 1 aliphatic carbocycles. The summed E-state index contributed by atoms with van der Waals surface area (Å²) in [7, 11) is 1.90. The molecular formula is C21H29Cl2N7O. The smallest absolute Gasteiger partial charge is 0.242 e.